The Balaban J connectivity index is 2.03. The minimum Gasteiger partial charge on any atom is -0.497 e. The normalized spacial score (nSPS) is 25.2. The number of carbonyl (C=O) groups excluding carboxylic acids is 1. The van der Waals surface area contributed by atoms with E-state index in [1.807, 2.05) is 0 Å². The molecular weight excluding hydrogens is 396 g/mol. The number of hydrogen-bond donors (Lipinski definition) is 1. The zero-order valence-corrected chi connectivity index (χ0v) is 16.0. The lowest BCUT2D eigenvalue weighted by Crippen LogP contribution is -2.53. The van der Waals surface area contributed by atoms with Gasteiger partial charge in [0, 0.05) is 12.8 Å². The highest BCUT2D eigenvalue weighted by molar-refractivity contribution is 7.91. The minimum atomic E-state index is -3.76. The lowest BCUT2D eigenvalue weighted by molar-refractivity contribution is -0.153. The van der Waals surface area contributed by atoms with Crippen molar-refractivity contribution in [2.75, 3.05) is 18.7 Å². The van der Waals surface area contributed by atoms with E-state index in [-0.39, 0.29) is 12.8 Å². The van der Waals surface area contributed by atoms with Crippen LogP contribution in [0, 0.1) is 0 Å². The third kappa shape index (κ3) is 3.69. The fraction of sp³-hybridized carbons (Fsp3) is 0.556. The van der Waals surface area contributed by atoms with E-state index in [1.165, 1.54) is 7.11 Å². The molecule has 0 radical (unpaired) electrons. The van der Waals surface area contributed by atoms with Crippen molar-refractivity contribution >= 4 is 21.7 Å². The number of hydrogen-bond acceptors (Lipinski definition) is 5. The maximum absolute atomic E-state index is 13.8. The maximum Gasteiger partial charge on any atom is 0.327 e. The average Bonchev–Trinajstić information content (AvgIpc) is 2.98. The Morgan fingerprint density at radius 1 is 1.14 bits per heavy atom. The molecule has 0 bridgehead atoms. The minimum absolute atomic E-state index is 0.200. The number of carboxylic acids is 1. The molecule has 10 heteroatoms. The van der Waals surface area contributed by atoms with Crippen LogP contribution in [0.3, 0.4) is 0 Å². The van der Waals surface area contributed by atoms with E-state index in [4.69, 9.17) is 4.74 Å². The summed E-state index contributed by atoms with van der Waals surface area (Å²) >= 11 is 0. The number of aliphatic carboxylic acids is 1. The van der Waals surface area contributed by atoms with Crippen LogP contribution in [-0.2, 0) is 24.8 Å². The predicted molar refractivity (Wildman–Crippen MR) is 95.0 cm³/mol. The van der Waals surface area contributed by atoms with Crippen molar-refractivity contribution < 1.29 is 36.6 Å². The molecular formula is C18H21F2NO6S. The number of amides is 1. The van der Waals surface area contributed by atoms with Gasteiger partial charge in [0.15, 0.2) is 9.84 Å². The molecule has 1 aliphatic heterocycles. The molecule has 28 heavy (non-hydrogen) atoms. The molecule has 1 N–H and O–H groups in total. The lowest BCUT2D eigenvalue weighted by atomic mass is 9.67. The molecule has 1 saturated heterocycles. The number of sulfone groups is 1. The Bertz CT molecular complexity index is 874. The van der Waals surface area contributed by atoms with Gasteiger partial charge in [0.1, 0.15) is 17.7 Å². The van der Waals surface area contributed by atoms with Crippen molar-refractivity contribution in [2.24, 2.45) is 0 Å². The smallest absolute Gasteiger partial charge is 0.327 e. The van der Waals surface area contributed by atoms with Gasteiger partial charge in [-0.25, -0.2) is 22.0 Å². The van der Waals surface area contributed by atoms with Crippen molar-refractivity contribution in [3.8, 4) is 5.75 Å². The molecule has 7 nitrogen and oxygen atoms in total. The number of carboxylic acid groups (broad SMARTS) is 1. The zero-order valence-electron chi connectivity index (χ0n) is 15.2. The first-order chi connectivity index (χ1) is 13.0. The summed E-state index contributed by atoms with van der Waals surface area (Å²) in [5.41, 5.74) is -0.955. The molecule has 154 valence electrons. The number of halogens is 2. The molecule has 1 amide bonds. The van der Waals surface area contributed by atoms with Crippen LogP contribution in [0.15, 0.2) is 24.3 Å². The highest BCUT2D eigenvalue weighted by atomic mass is 32.2. The molecule has 1 aliphatic carbocycles. The van der Waals surface area contributed by atoms with Gasteiger partial charge in [-0.2, -0.15) is 0 Å². The van der Waals surface area contributed by atoms with Crippen LogP contribution in [0.4, 0.5) is 8.78 Å². The first-order valence-corrected chi connectivity index (χ1v) is 10.6. The Kier molecular flexibility index (Phi) is 5.11. The first-order valence-electron chi connectivity index (χ1n) is 8.76. The van der Waals surface area contributed by atoms with Crippen molar-refractivity contribution in [2.45, 2.75) is 43.1 Å². The van der Waals surface area contributed by atoms with Crippen molar-refractivity contribution in [3.05, 3.63) is 29.8 Å². The van der Waals surface area contributed by atoms with E-state index in [1.54, 1.807) is 24.3 Å². The van der Waals surface area contributed by atoms with E-state index in [0.29, 0.717) is 11.3 Å². The molecule has 0 aromatic heterocycles. The monoisotopic (exact) mass is 417 g/mol. The van der Waals surface area contributed by atoms with Gasteiger partial charge in [-0.05, 0) is 30.5 Å². The Labute approximate surface area is 161 Å². The average molecular weight is 417 g/mol. The number of carbonyl (C=O) groups is 2. The van der Waals surface area contributed by atoms with Gasteiger partial charge in [-0.3, -0.25) is 4.79 Å². The SMILES string of the molecule is COc1ccc(C2(C(=O)N3CS(=O)(=O)C[C@@H]3C(=O)O)CCC(F)(F)CC2)cc1. The molecule has 1 atom stereocenters. The summed E-state index contributed by atoms with van der Waals surface area (Å²) < 4.78 is 56.7. The lowest BCUT2D eigenvalue weighted by Gasteiger charge is -2.42. The van der Waals surface area contributed by atoms with Crippen molar-refractivity contribution in [3.63, 3.8) is 0 Å². The fourth-order valence-electron chi connectivity index (χ4n) is 3.94. The molecule has 2 fully saturated rings. The van der Waals surface area contributed by atoms with Crippen LogP contribution in [0.2, 0.25) is 0 Å². The fourth-order valence-corrected chi connectivity index (χ4v) is 5.57. The van der Waals surface area contributed by atoms with E-state index < -0.39 is 63.6 Å². The predicted octanol–water partition coefficient (Wildman–Crippen LogP) is 1.81. The first kappa shape index (κ1) is 20.5. The van der Waals surface area contributed by atoms with Crippen LogP contribution < -0.4 is 4.74 Å². The molecule has 1 aromatic carbocycles. The van der Waals surface area contributed by atoms with E-state index in [2.05, 4.69) is 0 Å². The number of nitrogens with zero attached hydrogens (tertiary/aromatic N) is 1. The van der Waals surface area contributed by atoms with Gasteiger partial charge in [0.2, 0.25) is 11.8 Å². The summed E-state index contributed by atoms with van der Waals surface area (Å²) in [7, 11) is -2.30. The Morgan fingerprint density at radius 2 is 1.71 bits per heavy atom. The van der Waals surface area contributed by atoms with Gasteiger partial charge in [-0.1, -0.05) is 12.1 Å². The van der Waals surface area contributed by atoms with Crippen molar-refractivity contribution in [1.82, 2.24) is 4.90 Å². The molecule has 2 aliphatic rings. The van der Waals surface area contributed by atoms with E-state index in [0.717, 1.165) is 4.90 Å². The summed E-state index contributed by atoms with van der Waals surface area (Å²) in [6, 6.07) is 4.83. The third-order valence-electron chi connectivity index (χ3n) is 5.56. The summed E-state index contributed by atoms with van der Waals surface area (Å²) in [5, 5.41) is 9.37. The Morgan fingerprint density at radius 3 is 2.21 bits per heavy atom. The van der Waals surface area contributed by atoms with Gasteiger partial charge in [0.05, 0.1) is 18.3 Å². The van der Waals surface area contributed by atoms with Crippen molar-refractivity contribution in [1.29, 1.82) is 0 Å². The summed E-state index contributed by atoms with van der Waals surface area (Å²) in [5.74, 6) is -5.97. The van der Waals surface area contributed by atoms with Gasteiger partial charge in [0.25, 0.3) is 0 Å². The number of alkyl halides is 2. The number of benzene rings is 1. The summed E-state index contributed by atoms with van der Waals surface area (Å²) in [6.45, 7) is 0. The quantitative estimate of drug-likeness (QED) is 0.802. The largest absolute Gasteiger partial charge is 0.497 e. The van der Waals surface area contributed by atoms with Gasteiger partial charge >= 0.3 is 5.97 Å². The van der Waals surface area contributed by atoms with Crippen LogP contribution in [-0.4, -0.2) is 61.0 Å². The van der Waals surface area contributed by atoms with Crippen LogP contribution in [0.5, 0.6) is 5.75 Å². The standard InChI is InChI=1S/C18H21F2NO6S/c1-27-13-4-2-12(3-5-13)17(6-8-18(19,20)9-7-17)16(24)21-11-28(25,26)10-14(21)15(22)23/h2-5,14H,6-11H2,1H3,(H,22,23)/t14-/m1/s1. The molecule has 1 aromatic rings. The van der Waals surface area contributed by atoms with Crippen LogP contribution in [0.1, 0.15) is 31.2 Å². The van der Waals surface area contributed by atoms with E-state index >= 15 is 0 Å². The number of rotatable bonds is 4. The number of methoxy groups -OCH3 is 1. The maximum atomic E-state index is 13.8. The topological polar surface area (TPSA) is 101 Å². The number of ether oxygens (including phenoxy) is 1. The second-order valence-corrected chi connectivity index (χ2v) is 9.41. The summed E-state index contributed by atoms with van der Waals surface area (Å²) in [6.07, 6.45) is -1.48. The molecule has 0 spiro atoms. The van der Waals surface area contributed by atoms with Crippen LogP contribution >= 0.6 is 0 Å². The molecule has 3 rings (SSSR count). The molecule has 1 saturated carbocycles. The van der Waals surface area contributed by atoms with Crippen LogP contribution in [0.25, 0.3) is 0 Å². The van der Waals surface area contributed by atoms with E-state index in [9.17, 15) is 31.9 Å². The zero-order chi connectivity index (χ0) is 20.7. The highest BCUT2D eigenvalue weighted by Crippen LogP contribution is 2.47. The summed E-state index contributed by atoms with van der Waals surface area (Å²) in [4.78, 5) is 25.7. The molecule has 0 unspecified atom stereocenters. The Hall–Kier alpha value is -2.23. The third-order valence-corrected chi connectivity index (χ3v) is 7.05. The molecule has 1 heterocycles. The second kappa shape index (κ2) is 6.98. The van der Waals surface area contributed by atoms with Gasteiger partial charge < -0.3 is 14.7 Å². The van der Waals surface area contributed by atoms with Gasteiger partial charge in [-0.15, -0.1) is 0 Å². The highest BCUT2D eigenvalue weighted by Gasteiger charge is 2.54. The second-order valence-electron chi connectivity index (χ2n) is 7.33.